The molecule has 0 bridgehead atoms. The van der Waals surface area contributed by atoms with Crippen LogP contribution in [-0.4, -0.2) is 19.6 Å². The molecular weight excluding hydrogens is 372 g/mol. The third-order valence-corrected chi connectivity index (χ3v) is 5.80. The molecule has 1 heterocycles. The highest BCUT2D eigenvalue weighted by molar-refractivity contribution is 7.16. The molecule has 0 atom stereocenters. The molecular formula is C22H24N2O3S. The van der Waals surface area contributed by atoms with E-state index in [9.17, 15) is 10.1 Å². The average molecular weight is 397 g/mol. The molecule has 1 aliphatic rings. The van der Waals surface area contributed by atoms with E-state index >= 15 is 0 Å². The van der Waals surface area contributed by atoms with Crippen molar-refractivity contribution in [2.24, 2.45) is 0 Å². The van der Waals surface area contributed by atoms with Gasteiger partial charge in [-0.05, 0) is 61.4 Å². The van der Waals surface area contributed by atoms with Crippen LogP contribution in [0.1, 0.15) is 47.8 Å². The third kappa shape index (κ3) is 4.55. The van der Waals surface area contributed by atoms with Crippen LogP contribution in [0.25, 0.3) is 6.08 Å². The minimum Gasteiger partial charge on any atom is -0.493 e. The smallest absolute Gasteiger partial charge is 0.249 e. The van der Waals surface area contributed by atoms with Gasteiger partial charge < -0.3 is 14.8 Å². The van der Waals surface area contributed by atoms with Crippen LogP contribution >= 0.6 is 11.3 Å². The van der Waals surface area contributed by atoms with Gasteiger partial charge in [-0.25, -0.2) is 0 Å². The van der Waals surface area contributed by atoms with Gasteiger partial charge in [0, 0.05) is 11.0 Å². The number of hydrogen-bond acceptors (Lipinski definition) is 5. The first-order valence-corrected chi connectivity index (χ1v) is 10.3. The van der Waals surface area contributed by atoms with Gasteiger partial charge in [0.1, 0.15) is 11.1 Å². The first-order chi connectivity index (χ1) is 13.7. The molecule has 0 unspecified atom stereocenters. The van der Waals surface area contributed by atoms with Gasteiger partial charge in [0.15, 0.2) is 11.5 Å². The Kier molecular flexibility index (Phi) is 6.72. The monoisotopic (exact) mass is 396 g/mol. The molecule has 3 rings (SSSR count). The number of nitrogens with one attached hydrogen (secondary N) is 1. The summed E-state index contributed by atoms with van der Waals surface area (Å²) in [6, 6.07) is 7.81. The van der Waals surface area contributed by atoms with Crippen LogP contribution in [-0.2, 0) is 17.6 Å². The fraction of sp³-hybridized carbons (Fsp3) is 0.364. The molecule has 1 aromatic carbocycles. The van der Waals surface area contributed by atoms with Crippen LogP contribution < -0.4 is 14.8 Å². The van der Waals surface area contributed by atoms with Crippen molar-refractivity contribution in [1.29, 1.82) is 5.26 Å². The number of aryl methyl sites for hydroxylation is 1. The molecule has 6 heteroatoms. The Balaban J connectivity index is 1.71. The third-order valence-electron chi connectivity index (χ3n) is 4.60. The van der Waals surface area contributed by atoms with Crippen molar-refractivity contribution < 1.29 is 14.3 Å². The van der Waals surface area contributed by atoms with Gasteiger partial charge in [0.25, 0.3) is 0 Å². The number of ether oxygens (including phenoxy) is 2. The molecule has 0 aliphatic heterocycles. The van der Waals surface area contributed by atoms with E-state index in [0.717, 1.165) is 43.2 Å². The molecule has 2 aromatic rings. The first kappa shape index (κ1) is 20.0. The molecule has 0 saturated heterocycles. The number of methoxy groups -OCH3 is 1. The molecule has 146 valence electrons. The van der Waals surface area contributed by atoms with Crippen molar-refractivity contribution in [3.8, 4) is 17.6 Å². The predicted molar refractivity (Wildman–Crippen MR) is 112 cm³/mol. The lowest BCUT2D eigenvalue weighted by atomic mass is 9.96. The number of hydrogen-bond donors (Lipinski definition) is 1. The lowest BCUT2D eigenvalue weighted by molar-refractivity contribution is -0.111. The van der Waals surface area contributed by atoms with E-state index in [1.165, 1.54) is 22.3 Å². The number of thiophene rings is 1. The molecule has 0 spiro atoms. The summed E-state index contributed by atoms with van der Waals surface area (Å²) in [7, 11) is 1.59. The molecule has 1 N–H and O–H groups in total. The largest absolute Gasteiger partial charge is 0.493 e. The van der Waals surface area contributed by atoms with Crippen molar-refractivity contribution in [3.05, 3.63) is 45.8 Å². The fourth-order valence-corrected chi connectivity index (χ4v) is 4.46. The highest BCUT2D eigenvalue weighted by Gasteiger charge is 2.21. The summed E-state index contributed by atoms with van der Waals surface area (Å²) in [5.74, 6) is 1.07. The molecule has 1 aliphatic carbocycles. The van der Waals surface area contributed by atoms with Gasteiger partial charge in [-0.2, -0.15) is 5.26 Å². The zero-order chi connectivity index (χ0) is 19.9. The van der Waals surface area contributed by atoms with Crippen molar-refractivity contribution in [3.63, 3.8) is 0 Å². The second kappa shape index (κ2) is 9.43. The Labute approximate surface area is 169 Å². The minimum absolute atomic E-state index is 0.250. The number of fused-ring (bicyclic) bond motifs is 1. The number of carbonyl (C=O) groups excluding carboxylic acids is 1. The normalized spacial score (nSPS) is 13.0. The summed E-state index contributed by atoms with van der Waals surface area (Å²) in [6.45, 7) is 2.67. The summed E-state index contributed by atoms with van der Waals surface area (Å²) >= 11 is 1.53. The lowest BCUT2D eigenvalue weighted by Crippen LogP contribution is -2.07. The number of anilines is 1. The van der Waals surface area contributed by atoms with Crippen molar-refractivity contribution in [2.45, 2.75) is 39.0 Å². The maximum atomic E-state index is 12.4. The highest BCUT2D eigenvalue weighted by atomic mass is 32.1. The van der Waals surface area contributed by atoms with Gasteiger partial charge in [-0.3, -0.25) is 4.79 Å². The Bertz CT molecular complexity index is 925. The number of carbonyl (C=O) groups is 1. The first-order valence-electron chi connectivity index (χ1n) is 9.50. The summed E-state index contributed by atoms with van der Waals surface area (Å²) in [4.78, 5) is 13.6. The summed E-state index contributed by atoms with van der Waals surface area (Å²) in [5.41, 5.74) is 2.58. The topological polar surface area (TPSA) is 71.3 Å². The van der Waals surface area contributed by atoms with Gasteiger partial charge in [-0.1, -0.05) is 13.0 Å². The SMILES string of the molecule is CCCOc1ccc(C=CC(=O)Nc2sc3c(c2C#N)CCCC3)cc1OC. The quantitative estimate of drug-likeness (QED) is 0.672. The Hall–Kier alpha value is -2.78. The Morgan fingerprint density at radius 2 is 2.14 bits per heavy atom. The number of benzene rings is 1. The molecule has 0 radical (unpaired) electrons. The van der Waals surface area contributed by atoms with Crippen molar-refractivity contribution in [1.82, 2.24) is 0 Å². The standard InChI is InChI=1S/C22H24N2O3S/c1-3-12-27-18-10-8-15(13-19(18)26-2)9-11-21(25)24-22-17(14-23)16-6-4-5-7-20(16)28-22/h8-11,13H,3-7,12H2,1-2H3,(H,24,25). The maximum absolute atomic E-state index is 12.4. The number of nitriles is 1. The summed E-state index contributed by atoms with van der Waals surface area (Å²) in [6.07, 6.45) is 8.28. The molecule has 1 aromatic heterocycles. The maximum Gasteiger partial charge on any atom is 0.249 e. The zero-order valence-electron chi connectivity index (χ0n) is 16.2. The van der Waals surface area contributed by atoms with Crippen LogP contribution in [0.5, 0.6) is 11.5 Å². The molecule has 0 saturated carbocycles. The van der Waals surface area contributed by atoms with E-state index < -0.39 is 0 Å². The van der Waals surface area contributed by atoms with E-state index in [1.54, 1.807) is 13.2 Å². The van der Waals surface area contributed by atoms with Gasteiger partial charge in [-0.15, -0.1) is 11.3 Å². The van der Waals surface area contributed by atoms with E-state index in [1.807, 2.05) is 25.1 Å². The summed E-state index contributed by atoms with van der Waals surface area (Å²) in [5, 5.41) is 13.0. The van der Waals surface area contributed by atoms with Crippen LogP contribution in [0.2, 0.25) is 0 Å². The van der Waals surface area contributed by atoms with Gasteiger partial charge in [0.05, 0.1) is 19.3 Å². The minimum atomic E-state index is -0.250. The second-order valence-electron chi connectivity index (χ2n) is 6.61. The number of amides is 1. The lowest BCUT2D eigenvalue weighted by Gasteiger charge is -2.10. The average Bonchev–Trinajstić information content (AvgIpc) is 3.07. The number of nitrogens with zero attached hydrogens (tertiary/aromatic N) is 1. The predicted octanol–water partition coefficient (Wildman–Crippen LogP) is 4.95. The Morgan fingerprint density at radius 1 is 1.32 bits per heavy atom. The van der Waals surface area contributed by atoms with Crippen LogP contribution in [0.15, 0.2) is 24.3 Å². The molecule has 5 nitrogen and oxygen atoms in total. The van der Waals surface area contributed by atoms with E-state index in [-0.39, 0.29) is 5.91 Å². The van der Waals surface area contributed by atoms with E-state index in [4.69, 9.17) is 9.47 Å². The Morgan fingerprint density at radius 3 is 2.89 bits per heavy atom. The number of rotatable bonds is 7. The van der Waals surface area contributed by atoms with E-state index in [2.05, 4.69) is 11.4 Å². The van der Waals surface area contributed by atoms with Crippen molar-refractivity contribution in [2.75, 3.05) is 19.0 Å². The fourth-order valence-electron chi connectivity index (χ4n) is 3.22. The zero-order valence-corrected chi connectivity index (χ0v) is 17.0. The van der Waals surface area contributed by atoms with Crippen LogP contribution in [0, 0.1) is 11.3 Å². The van der Waals surface area contributed by atoms with Crippen LogP contribution in [0.3, 0.4) is 0 Å². The van der Waals surface area contributed by atoms with Crippen molar-refractivity contribution >= 4 is 28.3 Å². The highest BCUT2D eigenvalue weighted by Crippen LogP contribution is 2.37. The van der Waals surface area contributed by atoms with Gasteiger partial charge in [0.2, 0.25) is 5.91 Å². The van der Waals surface area contributed by atoms with Crippen LogP contribution in [0.4, 0.5) is 5.00 Å². The summed E-state index contributed by atoms with van der Waals surface area (Å²) < 4.78 is 11.0. The van der Waals surface area contributed by atoms with Gasteiger partial charge >= 0.3 is 0 Å². The second-order valence-corrected chi connectivity index (χ2v) is 7.71. The molecule has 1 amide bonds. The van der Waals surface area contributed by atoms with E-state index in [0.29, 0.717) is 28.7 Å². The molecule has 28 heavy (non-hydrogen) atoms. The molecule has 0 fully saturated rings.